The van der Waals surface area contributed by atoms with Gasteiger partial charge in [0.25, 0.3) is 0 Å². The van der Waals surface area contributed by atoms with Crippen LogP contribution in [0.5, 0.6) is 11.5 Å². The third kappa shape index (κ3) is 4.75. The van der Waals surface area contributed by atoms with Gasteiger partial charge in [-0.2, -0.15) is 5.21 Å². The van der Waals surface area contributed by atoms with Crippen molar-refractivity contribution in [3.63, 3.8) is 0 Å². The van der Waals surface area contributed by atoms with Crippen molar-refractivity contribution < 1.29 is 9.47 Å². The van der Waals surface area contributed by atoms with Crippen LogP contribution in [0, 0.1) is 0 Å². The SMILES string of the molecule is CCc1cc(OCc2ccc(-c3ccccc3-c3nn[nH]n3)c(OC)c2)c2c(n1)CCCC2.Cl. The van der Waals surface area contributed by atoms with E-state index in [2.05, 4.69) is 45.7 Å². The summed E-state index contributed by atoms with van der Waals surface area (Å²) in [6, 6.07) is 16.3. The zero-order valence-electron chi connectivity index (χ0n) is 19.4. The quantitative estimate of drug-likeness (QED) is 0.384. The van der Waals surface area contributed by atoms with Gasteiger partial charge in [0.2, 0.25) is 5.82 Å². The Labute approximate surface area is 205 Å². The summed E-state index contributed by atoms with van der Waals surface area (Å²) in [5, 5.41) is 14.5. The molecule has 7 nitrogen and oxygen atoms in total. The lowest BCUT2D eigenvalue weighted by atomic mass is 9.94. The molecule has 1 N–H and O–H groups in total. The van der Waals surface area contributed by atoms with Gasteiger partial charge in [0.15, 0.2) is 0 Å². The lowest BCUT2D eigenvalue weighted by molar-refractivity contribution is 0.299. The van der Waals surface area contributed by atoms with Crippen LogP contribution in [0.4, 0.5) is 0 Å². The van der Waals surface area contributed by atoms with E-state index in [1.54, 1.807) is 7.11 Å². The first kappa shape index (κ1) is 23.7. The fourth-order valence-corrected chi connectivity index (χ4v) is 4.43. The minimum atomic E-state index is 0. The molecule has 34 heavy (non-hydrogen) atoms. The molecule has 2 aromatic carbocycles. The van der Waals surface area contributed by atoms with Crippen LogP contribution in [-0.2, 0) is 25.9 Å². The normalized spacial score (nSPS) is 12.5. The highest BCUT2D eigenvalue weighted by Crippen LogP contribution is 2.37. The number of pyridine rings is 1. The van der Waals surface area contributed by atoms with Crippen molar-refractivity contribution in [2.24, 2.45) is 0 Å². The van der Waals surface area contributed by atoms with Crippen LogP contribution in [0.2, 0.25) is 0 Å². The minimum absolute atomic E-state index is 0. The zero-order chi connectivity index (χ0) is 22.6. The standard InChI is InChI=1S/C26H27N5O2.ClH/c1-3-18-15-25(22-10-6-7-11-23(22)27-18)33-16-17-12-13-20(24(14-17)32-2)19-8-4-5-9-21(19)26-28-30-31-29-26;/h4-5,8-9,12-15H,3,6-7,10-11,16H2,1-2H3,(H,28,29,30,31);1H. The third-order valence-corrected chi connectivity index (χ3v) is 6.14. The molecule has 1 aliphatic carbocycles. The van der Waals surface area contributed by atoms with Gasteiger partial charge in [0.1, 0.15) is 18.1 Å². The first-order chi connectivity index (χ1) is 16.3. The number of aromatic amines is 1. The predicted octanol–water partition coefficient (Wildman–Crippen LogP) is 5.38. The molecule has 2 aromatic heterocycles. The molecular weight excluding hydrogens is 450 g/mol. The Morgan fingerprint density at radius 3 is 2.53 bits per heavy atom. The number of ether oxygens (including phenoxy) is 2. The lowest BCUT2D eigenvalue weighted by Crippen LogP contribution is -2.10. The van der Waals surface area contributed by atoms with Crippen LogP contribution < -0.4 is 9.47 Å². The molecule has 0 fully saturated rings. The van der Waals surface area contributed by atoms with Gasteiger partial charge in [-0.3, -0.25) is 4.98 Å². The number of hydrogen-bond donors (Lipinski definition) is 1. The van der Waals surface area contributed by atoms with Gasteiger partial charge in [0, 0.05) is 34.1 Å². The largest absolute Gasteiger partial charge is 0.496 e. The Bertz CT molecular complexity index is 1260. The molecule has 0 saturated heterocycles. The zero-order valence-corrected chi connectivity index (χ0v) is 20.2. The lowest BCUT2D eigenvalue weighted by Gasteiger charge is -2.20. The fraction of sp³-hybridized carbons (Fsp3) is 0.308. The summed E-state index contributed by atoms with van der Waals surface area (Å²) in [4.78, 5) is 4.83. The van der Waals surface area contributed by atoms with Crippen molar-refractivity contribution in [3.05, 3.63) is 71.0 Å². The maximum Gasteiger partial charge on any atom is 0.205 e. The molecule has 0 aliphatic heterocycles. The molecule has 1 aliphatic rings. The second kappa shape index (κ2) is 10.7. The highest BCUT2D eigenvalue weighted by atomic mass is 35.5. The number of nitrogens with one attached hydrogen (secondary N) is 1. The van der Waals surface area contributed by atoms with Gasteiger partial charge in [-0.25, -0.2) is 0 Å². The van der Waals surface area contributed by atoms with E-state index in [0.29, 0.717) is 12.4 Å². The molecule has 0 unspecified atom stereocenters. The summed E-state index contributed by atoms with van der Waals surface area (Å²) in [6.45, 7) is 2.61. The fourth-order valence-electron chi connectivity index (χ4n) is 4.43. The number of aryl methyl sites for hydroxylation is 2. The maximum absolute atomic E-state index is 6.33. The summed E-state index contributed by atoms with van der Waals surface area (Å²) in [7, 11) is 1.69. The predicted molar refractivity (Wildman–Crippen MR) is 133 cm³/mol. The molecule has 0 atom stereocenters. The van der Waals surface area contributed by atoms with E-state index in [1.807, 2.05) is 30.3 Å². The van der Waals surface area contributed by atoms with E-state index in [4.69, 9.17) is 14.5 Å². The Balaban J connectivity index is 0.00000274. The van der Waals surface area contributed by atoms with E-state index in [-0.39, 0.29) is 12.4 Å². The van der Waals surface area contributed by atoms with E-state index in [0.717, 1.165) is 58.7 Å². The van der Waals surface area contributed by atoms with E-state index in [9.17, 15) is 0 Å². The monoisotopic (exact) mass is 477 g/mol. The summed E-state index contributed by atoms with van der Waals surface area (Å²) in [6.07, 6.45) is 5.39. The summed E-state index contributed by atoms with van der Waals surface area (Å²) in [5.41, 5.74) is 7.47. The number of aromatic nitrogens is 5. The first-order valence-corrected chi connectivity index (χ1v) is 11.4. The maximum atomic E-state index is 6.33. The molecular formula is C26H28ClN5O2. The average Bonchev–Trinajstić information content (AvgIpc) is 3.42. The van der Waals surface area contributed by atoms with Crippen LogP contribution in [-0.4, -0.2) is 32.7 Å². The summed E-state index contributed by atoms with van der Waals surface area (Å²) < 4.78 is 12.1. The molecule has 0 radical (unpaired) electrons. The number of rotatable bonds is 7. The number of H-pyrrole nitrogens is 1. The number of benzene rings is 2. The number of methoxy groups -OCH3 is 1. The van der Waals surface area contributed by atoms with Crippen molar-refractivity contribution >= 4 is 12.4 Å². The van der Waals surface area contributed by atoms with Gasteiger partial charge < -0.3 is 9.47 Å². The van der Waals surface area contributed by atoms with Crippen molar-refractivity contribution in [1.29, 1.82) is 0 Å². The van der Waals surface area contributed by atoms with Gasteiger partial charge in [0.05, 0.1) is 7.11 Å². The Morgan fingerprint density at radius 1 is 0.941 bits per heavy atom. The molecule has 0 saturated carbocycles. The molecule has 8 heteroatoms. The van der Waals surface area contributed by atoms with Gasteiger partial charge >= 0.3 is 0 Å². The van der Waals surface area contributed by atoms with Crippen LogP contribution in [0.25, 0.3) is 22.5 Å². The molecule has 176 valence electrons. The van der Waals surface area contributed by atoms with Crippen molar-refractivity contribution in [1.82, 2.24) is 25.6 Å². The minimum Gasteiger partial charge on any atom is -0.496 e. The number of nitrogens with zero attached hydrogens (tertiary/aromatic N) is 4. The van der Waals surface area contributed by atoms with Gasteiger partial charge in [-0.15, -0.1) is 22.6 Å². The smallest absolute Gasteiger partial charge is 0.205 e. The molecule has 2 heterocycles. The molecule has 4 aromatic rings. The van der Waals surface area contributed by atoms with E-state index < -0.39 is 0 Å². The molecule has 0 bridgehead atoms. The second-order valence-corrected chi connectivity index (χ2v) is 8.20. The highest BCUT2D eigenvalue weighted by molar-refractivity contribution is 5.85. The Morgan fingerprint density at radius 2 is 1.76 bits per heavy atom. The van der Waals surface area contributed by atoms with Crippen molar-refractivity contribution in [3.8, 4) is 34.0 Å². The van der Waals surface area contributed by atoms with Gasteiger partial charge in [-0.05, 0) is 54.5 Å². The second-order valence-electron chi connectivity index (χ2n) is 8.20. The Kier molecular flexibility index (Phi) is 7.43. The van der Waals surface area contributed by atoms with Crippen molar-refractivity contribution in [2.45, 2.75) is 45.6 Å². The van der Waals surface area contributed by atoms with Crippen LogP contribution in [0.3, 0.4) is 0 Å². The van der Waals surface area contributed by atoms with Gasteiger partial charge in [-0.1, -0.05) is 43.3 Å². The first-order valence-electron chi connectivity index (χ1n) is 11.4. The summed E-state index contributed by atoms with van der Waals surface area (Å²) in [5.74, 6) is 2.30. The Hall–Kier alpha value is -3.45. The number of hydrogen-bond acceptors (Lipinski definition) is 6. The topological polar surface area (TPSA) is 85.8 Å². The number of halogens is 1. The molecule has 5 rings (SSSR count). The summed E-state index contributed by atoms with van der Waals surface area (Å²) >= 11 is 0. The highest BCUT2D eigenvalue weighted by Gasteiger charge is 2.18. The molecule has 0 amide bonds. The number of fused-ring (bicyclic) bond motifs is 1. The van der Waals surface area contributed by atoms with E-state index >= 15 is 0 Å². The molecule has 0 spiro atoms. The van der Waals surface area contributed by atoms with E-state index in [1.165, 1.54) is 24.1 Å². The van der Waals surface area contributed by atoms with Crippen LogP contribution in [0.1, 0.15) is 42.3 Å². The van der Waals surface area contributed by atoms with Crippen LogP contribution >= 0.6 is 12.4 Å². The third-order valence-electron chi connectivity index (χ3n) is 6.14. The number of tetrazole rings is 1. The van der Waals surface area contributed by atoms with Crippen LogP contribution in [0.15, 0.2) is 48.5 Å². The average molecular weight is 478 g/mol. The van der Waals surface area contributed by atoms with Crippen molar-refractivity contribution in [2.75, 3.05) is 7.11 Å².